The van der Waals surface area contributed by atoms with E-state index >= 15 is 0 Å². The molecular weight excluding hydrogens is 180 g/mol. The van der Waals surface area contributed by atoms with Crippen LogP contribution in [0.5, 0.6) is 0 Å². The molecule has 1 aliphatic rings. The molecule has 0 saturated carbocycles. The lowest BCUT2D eigenvalue weighted by atomic mass is 10.2. The minimum absolute atomic E-state index is 0.569. The van der Waals surface area contributed by atoms with Gasteiger partial charge in [-0.25, -0.2) is 4.98 Å². The van der Waals surface area contributed by atoms with E-state index in [9.17, 15) is 0 Å². The van der Waals surface area contributed by atoms with E-state index in [-0.39, 0.29) is 0 Å². The van der Waals surface area contributed by atoms with Gasteiger partial charge in [0, 0.05) is 16.8 Å². The van der Waals surface area contributed by atoms with Crippen molar-refractivity contribution in [2.75, 3.05) is 7.05 Å². The van der Waals surface area contributed by atoms with Crippen LogP contribution in [-0.2, 0) is 6.42 Å². The first kappa shape index (κ1) is 9.16. The Morgan fingerprint density at radius 3 is 2.92 bits per heavy atom. The summed E-state index contributed by atoms with van der Waals surface area (Å²) in [6, 6.07) is 0.569. The molecule has 1 N–H and O–H groups in total. The second kappa shape index (κ2) is 3.39. The van der Waals surface area contributed by atoms with Crippen molar-refractivity contribution in [3.8, 4) is 0 Å². The Kier molecular flexibility index (Phi) is 2.39. The summed E-state index contributed by atoms with van der Waals surface area (Å²) in [5.74, 6) is 0.577. The molecule has 0 aromatic carbocycles. The van der Waals surface area contributed by atoms with Crippen LogP contribution in [0.1, 0.15) is 47.8 Å². The molecular formula is C10H16N2S. The maximum absolute atomic E-state index is 4.67. The van der Waals surface area contributed by atoms with Gasteiger partial charge in [-0.15, -0.1) is 11.3 Å². The molecule has 1 aromatic rings. The van der Waals surface area contributed by atoms with Crippen LogP contribution in [0.25, 0.3) is 0 Å². The second-order valence-corrected chi connectivity index (χ2v) is 4.96. The van der Waals surface area contributed by atoms with E-state index in [1.54, 1.807) is 0 Å². The summed E-state index contributed by atoms with van der Waals surface area (Å²) in [6.07, 6.45) is 2.38. The van der Waals surface area contributed by atoms with Crippen molar-refractivity contribution in [3.63, 3.8) is 0 Å². The maximum atomic E-state index is 4.67. The summed E-state index contributed by atoms with van der Waals surface area (Å²) in [5, 5.41) is 4.64. The number of hydrogen-bond acceptors (Lipinski definition) is 3. The molecule has 0 radical (unpaired) electrons. The first-order valence-electron chi connectivity index (χ1n) is 4.89. The van der Waals surface area contributed by atoms with E-state index in [1.807, 2.05) is 18.4 Å². The molecule has 2 nitrogen and oxygen atoms in total. The van der Waals surface area contributed by atoms with Gasteiger partial charge in [-0.3, -0.25) is 0 Å². The van der Waals surface area contributed by atoms with E-state index in [0.717, 1.165) is 6.42 Å². The zero-order valence-corrected chi connectivity index (χ0v) is 9.24. The quantitative estimate of drug-likeness (QED) is 0.786. The summed E-state index contributed by atoms with van der Waals surface area (Å²) < 4.78 is 0. The van der Waals surface area contributed by atoms with Gasteiger partial charge < -0.3 is 5.32 Å². The van der Waals surface area contributed by atoms with Crippen LogP contribution in [0.2, 0.25) is 0 Å². The van der Waals surface area contributed by atoms with E-state index in [4.69, 9.17) is 0 Å². The molecule has 1 aliphatic carbocycles. The topological polar surface area (TPSA) is 24.9 Å². The Labute approximate surface area is 83.4 Å². The fourth-order valence-electron chi connectivity index (χ4n) is 1.77. The standard InChI is InChI=1S/C10H16N2S/c1-6(2)10-12-8-5-4-7(11-3)9(8)13-10/h6-7,11H,4-5H2,1-3H3. The molecule has 0 saturated heterocycles. The number of rotatable bonds is 2. The molecule has 0 spiro atoms. The Balaban J connectivity index is 2.31. The molecule has 1 unspecified atom stereocenters. The average molecular weight is 196 g/mol. The number of thiazole rings is 1. The van der Waals surface area contributed by atoms with Gasteiger partial charge in [0.05, 0.1) is 10.7 Å². The highest BCUT2D eigenvalue weighted by Gasteiger charge is 2.25. The van der Waals surface area contributed by atoms with Crippen LogP contribution < -0.4 is 5.32 Å². The summed E-state index contributed by atoms with van der Waals surface area (Å²) in [6.45, 7) is 4.42. The van der Waals surface area contributed by atoms with Crippen LogP contribution in [0, 0.1) is 0 Å². The predicted molar refractivity (Wildman–Crippen MR) is 56.3 cm³/mol. The number of aryl methyl sites for hydroxylation is 1. The third kappa shape index (κ3) is 1.51. The molecule has 1 heterocycles. The Bertz CT molecular complexity index is 304. The fraction of sp³-hybridized carbons (Fsp3) is 0.700. The lowest BCUT2D eigenvalue weighted by Crippen LogP contribution is -2.11. The van der Waals surface area contributed by atoms with Gasteiger partial charge in [0.2, 0.25) is 0 Å². The molecule has 13 heavy (non-hydrogen) atoms. The van der Waals surface area contributed by atoms with Crippen molar-refractivity contribution in [1.82, 2.24) is 10.3 Å². The number of fused-ring (bicyclic) bond motifs is 1. The van der Waals surface area contributed by atoms with Crippen LogP contribution in [0.4, 0.5) is 0 Å². The maximum Gasteiger partial charge on any atom is 0.0957 e. The van der Waals surface area contributed by atoms with Gasteiger partial charge in [0.15, 0.2) is 0 Å². The van der Waals surface area contributed by atoms with Crippen molar-refractivity contribution >= 4 is 11.3 Å². The molecule has 1 atom stereocenters. The number of hydrogen-bond donors (Lipinski definition) is 1. The molecule has 72 valence electrons. The number of aromatic nitrogens is 1. The third-order valence-electron chi connectivity index (χ3n) is 2.57. The largest absolute Gasteiger partial charge is 0.312 e. The third-order valence-corrected chi connectivity index (χ3v) is 4.08. The highest BCUT2D eigenvalue weighted by molar-refractivity contribution is 7.12. The van der Waals surface area contributed by atoms with Crippen molar-refractivity contribution in [2.45, 2.75) is 38.6 Å². The second-order valence-electron chi connectivity index (χ2n) is 3.90. The lowest BCUT2D eigenvalue weighted by molar-refractivity contribution is 0.596. The van der Waals surface area contributed by atoms with E-state index in [2.05, 4.69) is 24.1 Å². The summed E-state index contributed by atoms with van der Waals surface area (Å²) in [5.41, 5.74) is 1.34. The Morgan fingerprint density at radius 1 is 1.54 bits per heavy atom. The first-order valence-corrected chi connectivity index (χ1v) is 5.70. The van der Waals surface area contributed by atoms with E-state index < -0.39 is 0 Å². The Morgan fingerprint density at radius 2 is 2.31 bits per heavy atom. The lowest BCUT2D eigenvalue weighted by Gasteiger charge is -2.06. The van der Waals surface area contributed by atoms with Gasteiger partial charge >= 0.3 is 0 Å². The molecule has 0 fully saturated rings. The van der Waals surface area contributed by atoms with Gasteiger partial charge in [-0.2, -0.15) is 0 Å². The van der Waals surface area contributed by atoms with Crippen LogP contribution in [-0.4, -0.2) is 12.0 Å². The normalized spacial score (nSPS) is 21.1. The molecule has 0 amide bonds. The zero-order chi connectivity index (χ0) is 9.42. The van der Waals surface area contributed by atoms with Gasteiger partial charge in [0.1, 0.15) is 0 Å². The minimum atomic E-state index is 0.569. The van der Waals surface area contributed by atoms with Gasteiger partial charge in [0.25, 0.3) is 0 Å². The summed E-state index contributed by atoms with van der Waals surface area (Å²) in [4.78, 5) is 6.14. The zero-order valence-electron chi connectivity index (χ0n) is 8.42. The first-order chi connectivity index (χ1) is 6.22. The Hall–Kier alpha value is -0.410. The van der Waals surface area contributed by atoms with Crippen molar-refractivity contribution in [1.29, 1.82) is 0 Å². The van der Waals surface area contributed by atoms with Gasteiger partial charge in [-0.1, -0.05) is 13.8 Å². The SMILES string of the molecule is CNC1CCc2nc(C(C)C)sc21. The van der Waals surface area contributed by atoms with E-state index in [1.165, 1.54) is 22.0 Å². The smallest absolute Gasteiger partial charge is 0.0957 e. The fourth-order valence-corrected chi connectivity index (χ4v) is 3.03. The molecule has 2 rings (SSSR count). The van der Waals surface area contributed by atoms with Crippen molar-refractivity contribution in [2.24, 2.45) is 0 Å². The monoisotopic (exact) mass is 196 g/mol. The summed E-state index contributed by atoms with van der Waals surface area (Å²) in [7, 11) is 2.04. The minimum Gasteiger partial charge on any atom is -0.312 e. The van der Waals surface area contributed by atoms with Gasteiger partial charge in [-0.05, 0) is 19.9 Å². The number of nitrogens with zero attached hydrogens (tertiary/aromatic N) is 1. The number of nitrogens with one attached hydrogen (secondary N) is 1. The highest BCUT2D eigenvalue weighted by atomic mass is 32.1. The summed E-state index contributed by atoms with van der Waals surface area (Å²) >= 11 is 1.89. The predicted octanol–water partition coefficient (Wildman–Crippen LogP) is 2.47. The van der Waals surface area contributed by atoms with Crippen LogP contribution >= 0.6 is 11.3 Å². The highest BCUT2D eigenvalue weighted by Crippen LogP contribution is 2.37. The van der Waals surface area contributed by atoms with Crippen LogP contribution in [0.3, 0.4) is 0 Å². The van der Waals surface area contributed by atoms with Crippen molar-refractivity contribution < 1.29 is 0 Å². The van der Waals surface area contributed by atoms with E-state index in [0.29, 0.717) is 12.0 Å². The van der Waals surface area contributed by atoms with Crippen LogP contribution in [0.15, 0.2) is 0 Å². The average Bonchev–Trinajstić information content (AvgIpc) is 2.60. The molecule has 3 heteroatoms. The molecule has 0 aliphatic heterocycles. The molecule has 0 bridgehead atoms. The van der Waals surface area contributed by atoms with Crippen molar-refractivity contribution in [3.05, 3.63) is 15.6 Å². The molecule has 1 aromatic heterocycles.